The molecule has 2 heterocycles. The summed E-state index contributed by atoms with van der Waals surface area (Å²) < 4.78 is 16.7. The van der Waals surface area contributed by atoms with Gasteiger partial charge in [-0.25, -0.2) is 4.79 Å². The summed E-state index contributed by atoms with van der Waals surface area (Å²) in [5.41, 5.74) is 2.18. The van der Waals surface area contributed by atoms with E-state index in [1.807, 2.05) is 26.0 Å². The maximum atomic E-state index is 12.7. The Balaban J connectivity index is 1.73. The molecule has 1 aromatic rings. The van der Waals surface area contributed by atoms with Gasteiger partial charge in [0.1, 0.15) is 6.10 Å². The first-order chi connectivity index (χ1) is 12.5. The van der Waals surface area contributed by atoms with Gasteiger partial charge in [-0.2, -0.15) is 0 Å². The van der Waals surface area contributed by atoms with Crippen molar-refractivity contribution in [3.63, 3.8) is 0 Å². The van der Waals surface area contributed by atoms with Gasteiger partial charge in [-0.15, -0.1) is 0 Å². The molecule has 142 valence electrons. The SMILES string of the molecule is CCOc1cc2c(cc1OCC)CN(C(=O)[C@@H]1CC[C@H](C(=O)O)O1)CC2. The van der Waals surface area contributed by atoms with E-state index in [4.69, 9.17) is 19.3 Å². The average molecular weight is 363 g/mol. The number of carbonyl (C=O) groups is 2. The molecule has 0 aliphatic carbocycles. The molecule has 26 heavy (non-hydrogen) atoms. The van der Waals surface area contributed by atoms with Gasteiger partial charge in [0, 0.05) is 13.1 Å². The van der Waals surface area contributed by atoms with Gasteiger partial charge in [0.2, 0.25) is 0 Å². The summed E-state index contributed by atoms with van der Waals surface area (Å²) in [5, 5.41) is 9.03. The lowest BCUT2D eigenvalue weighted by atomic mass is 9.98. The standard InChI is InChI=1S/C19H25NO6/c1-3-24-16-9-12-7-8-20(11-13(12)10-17(16)25-4-2)18(21)14-5-6-15(26-14)19(22)23/h9-10,14-15H,3-8,11H2,1-2H3,(H,22,23)/t14-,15+/m0/s1. The largest absolute Gasteiger partial charge is 0.490 e. The van der Waals surface area contributed by atoms with Crippen LogP contribution in [0.1, 0.15) is 37.8 Å². The molecular formula is C19H25NO6. The van der Waals surface area contributed by atoms with Crippen molar-refractivity contribution in [2.45, 2.75) is 51.9 Å². The zero-order chi connectivity index (χ0) is 18.7. The number of amides is 1. The molecule has 7 nitrogen and oxygen atoms in total. The zero-order valence-electron chi connectivity index (χ0n) is 15.2. The van der Waals surface area contributed by atoms with E-state index < -0.39 is 18.2 Å². The van der Waals surface area contributed by atoms with Gasteiger partial charge in [-0.1, -0.05) is 0 Å². The minimum atomic E-state index is -1.01. The van der Waals surface area contributed by atoms with Crippen LogP contribution in [-0.2, 0) is 27.3 Å². The smallest absolute Gasteiger partial charge is 0.332 e. The van der Waals surface area contributed by atoms with Crippen molar-refractivity contribution in [1.82, 2.24) is 4.90 Å². The fourth-order valence-electron chi connectivity index (χ4n) is 3.49. The van der Waals surface area contributed by atoms with Crippen LogP contribution in [0.4, 0.5) is 0 Å². The van der Waals surface area contributed by atoms with Crippen molar-refractivity contribution in [1.29, 1.82) is 0 Å². The molecule has 2 aliphatic heterocycles. The molecule has 1 fully saturated rings. The van der Waals surface area contributed by atoms with Crippen molar-refractivity contribution >= 4 is 11.9 Å². The third-order valence-electron chi connectivity index (χ3n) is 4.76. The van der Waals surface area contributed by atoms with Crippen molar-refractivity contribution in [2.24, 2.45) is 0 Å². The molecule has 0 aromatic heterocycles. The van der Waals surface area contributed by atoms with E-state index in [1.165, 1.54) is 0 Å². The maximum Gasteiger partial charge on any atom is 0.332 e. The summed E-state index contributed by atoms with van der Waals surface area (Å²) in [7, 11) is 0. The molecule has 0 unspecified atom stereocenters. The monoisotopic (exact) mass is 363 g/mol. The van der Waals surface area contributed by atoms with Crippen LogP contribution in [0.5, 0.6) is 11.5 Å². The highest BCUT2D eigenvalue weighted by Crippen LogP contribution is 2.34. The highest BCUT2D eigenvalue weighted by molar-refractivity contribution is 5.83. The lowest BCUT2D eigenvalue weighted by Gasteiger charge is -2.31. The molecule has 1 amide bonds. The summed E-state index contributed by atoms with van der Waals surface area (Å²) in [6, 6.07) is 3.94. The number of hydrogen-bond acceptors (Lipinski definition) is 5. The van der Waals surface area contributed by atoms with Gasteiger partial charge in [-0.05, 0) is 56.4 Å². The van der Waals surface area contributed by atoms with Crippen molar-refractivity contribution in [3.05, 3.63) is 23.3 Å². The molecule has 1 aromatic carbocycles. The molecule has 0 spiro atoms. The second-order valence-corrected chi connectivity index (χ2v) is 6.47. The second-order valence-electron chi connectivity index (χ2n) is 6.47. The molecule has 0 radical (unpaired) electrons. The first-order valence-corrected chi connectivity index (χ1v) is 9.11. The number of carboxylic acids is 1. The number of carbonyl (C=O) groups excluding carboxylic acids is 1. The first kappa shape index (κ1) is 18.5. The fourth-order valence-corrected chi connectivity index (χ4v) is 3.49. The fraction of sp³-hybridized carbons (Fsp3) is 0.579. The zero-order valence-corrected chi connectivity index (χ0v) is 15.2. The Morgan fingerprint density at radius 1 is 1.12 bits per heavy atom. The Morgan fingerprint density at radius 2 is 1.73 bits per heavy atom. The van der Waals surface area contributed by atoms with Crippen LogP contribution in [-0.4, -0.2) is 53.8 Å². The number of fused-ring (bicyclic) bond motifs is 1. The number of nitrogens with zero attached hydrogens (tertiary/aromatic N) is 1. The topological polar surface area (TPSA) is 85.3 Å². The number of carboxylic acid groups (broad SMARTS) is 1. The highest BCUT2D eigenvalue weighted by atomic mass is 16.5. The molecule has 3 rings (SSSR count). The molecule has 2 aliphatic rings. The van der Waals surface area contributed by atoms with Gasteiger partial charge in [0.25, 0.3) is 5.91 Å². The molecule has 1 saturated heterocycles. The Kier molecular flexibility index (Phi) is 5.66. The predicted octanol–water partition coefficient (Wildman–Crippen LogP) is 2.00. The van der Waals surface area contributed by atoms with Crippen LogP contribution in [0, 0.1) is 0 Å². The third kappa shape index (κ3) is 3.77. The summed E-state index contributed by atoms with van der Waals surface area (Å²) in [5.74, 6) is 0.280. The molecule has 0 bridgehead atoms. The van der Waals surface area contributed by atoms with E-state index >= 15 is 0 Å². The van der Waals surface area contributed by atoms with Gasteiger partial charge < -0.3 is 24.2 Å². The summed E-state index contributed by atoms with van der Waals surface area (Å²) in [4.78, 5) is 25.5. The van der Waals surface area contributed by atoms with Crippen LogP contribution in [0.15, 0.2) is 12.1 Å². The normalized spacial score (nSPS) is 22.0. The molecule has 0 saturated carbocycles. The van der Waals surface area contributed by atoms with Crippen LogP contribution >= 0.6 is 0 Å². The first-order valence-electron chi connectivity index (χ1n) is 9.11. The van der Waals surface area contributed by atoms with Gasteiger partial charge >= 0.3 is 5.97 Å². The Morgan fingerprint density at radius 3 is 2.31 bits per heavy atom. The minimum absolute atomic E-state index is 0.133. The number of benzene rings is 1. The van der Waals surface area contributed by atoms with Crippen LogP contribution < -0.4 is 9.47 Å². The van der Waals surface area contributed by atoms with E-state index in [0.29, 0.717) is 44.9 Å². The number of hydrogen-bond donors (Lipinski definition) is 1. The number of aliphatic carboxylic acids is 1. The average Bonchev–Trinajstić information content (AvgIpc) is 3.12. The summed E-state index contributed by atoms with van der Waals surface area (Å²) >= 11 is 0. The van der Waals surface area contributed by atoms with Crippen molar-refractivity contribution < 1.29 is 28.9 Å². The van der Waals surface area contributed by atoms with Crippen LogP contribution in [0.3, 0.4) is 0 Å². The van der Waals surface area contributed by atoms with Crippen molar-refractivity contribution in [3.8, 4) is 11.5 Å². The predicted molar refractivity (Wildman–Crippen MR) is 93.4 cm³/mol. The van der Waals surface area contributed by atoms with E-state index in [0.717, 1.165) is 23.3 Å². The van der Waals surface area contributed by atoms with Gasteiger partial charge in [0.05, 0.1) is 13.2 Å². The quantitative estimate of drug-likeness (QED) is 0.832. The lowest BCUT2D eigenvalue weighted by molar-refractivity contribution is -0.155. The molecule has 1 N–H and O–H groups in total. The molecule has 7 heteroatoms. The molecular weight excluding hydrogens is 338 g/mol. The van der Waals surface area contributed by atoms with E-state index in [1.54, 1.807) is 4.90 Å². The molecule has 2 atom stereocenters. The Hall–Kier alpha value is -2.28. The summed E-state index contributed by atoms with van der Waals surface area (Å²) in [6.45, 7) is 6.01. The van der Waals surface area contributed by atoms with Gasteiger partial charge in [0.15, 0.2) is 17.6 Å². The Labute approximate surface area is 152 Å². The number of rotatable bonds is 6. The Bertz CT molecular complexity index is 689. The number of ether oxygens (including phenoxy) is 3. The van der Waals surface area contributed by atoms with E-state index in [2.05, 4.69) is 0 Å². The van der Waals surface area contributed by atoms with Crippen molar-refractivity contribution in [2.75, 3.05) is 19.8 Å². The highest BCUT2D eigenvalue weighted by Gasteiger charge is 2.37. The van der Waals surface area contributed by atoms with Crippen LogP contribution in [0.25, 0.3) is 0 Å². The minimum Gasteiger partial charge on any atom is -0.490 e. The lowest BCUT2D eigenvalue weighted by Crippen LogP contribution is -2.42. The third-order valence-corrected chi connectivity index (χ3v) is 4.76. The second kappa shape index (κ2) is 7.95. The summed E-state index contributed by atoms with van der Waals surface area (Å²) in [6.07, 6.45) is 0.0171. The van der Waals surface area contributed by atoms with E-state index in [-0.39, 0.29) is 5.91 Å². The van der Waals surface area contributed by atoms with Gasteiger partial charge in [-0.3, -0.25) is 4.79 Å². The van der Waals surface area contributed by atoms with Crippen LogP contribution in [0.2, 0.25) is 0 Å². The maximum absolute atomic E-state index is 12.7. The van der Waals surface area contributed by atoms with E-state index in [9.17, 15) is 9.59 Å².